The molecule has 2 aromatic rings. The molecule has 0 bridgehead atoms. The summed E-state index contributed by atoms with van der Waals surface area (Å²) in [5.74, 6) is 1.30. The Kier molecular flexibility index (Phi) is 5.09. The predicted molar refractivity (Wildman–Crippen MR) is 104 cm³/mol. The fraction of sp³-hybridized carbons (Fsp3) is 0.667. The molecule has 1 aliphatic carbocycles. The fourth-order valence-electron chi connectivity index (χ4n) is 4.12. The molecule has 0 spiro atoms. The van der Waals surface area contributed by atoms with Crippen molar-refractivity contribution in [2.24, 2.45) is 5.92 Å². The lowest BCUT2D eigenvalue weighted by Crippen LogP contribution is -2.49. The molecule has 4 rings (SSSR count). The van der Waals surface area contributed by atoms with Crippen LogP contribution in [0, 0.1) is 5.92 Å². The van der Waals surface area contributed by atoms with E-state index in [1.807, 2.05) is 19.3 Å². The van der Waals surface area contributed by atoms with Crippen LogP contribution in [0.3, 0.4) is 0 Å². The summed E-state index contributed by atoms with van der Waals surface area (Å²) in [4.78, 5) is 13.9. The van der Waals surface area contributed by atoms with Crippen molar-refractivity contribution >= 4 is 26.9 Å². The second-order valence-electron chi connectivity index (χ2n) is 7.71. The van der Waals surface area contributed by atoms with Crippen LogP contribution in [0.15, 0.2) is 18.6 Å². The van der Waals surface area contributed by atoms with Crippen molar-refractivity contribution in [1.82, 2.24) is 19.3 Å². The highest BCUT2D eigenvalue weighted by atomic mass is 32.2. The first kappa shape index (κ1) is 18.6. The van der Waals surface area contributed by atoms with E-state index in [0.717, 1.165) is 49.1 Å². The molecule has 2 aliphatic rings. The third kappa shape index (κ3) is 3.68. The van der Waals surface area contributed by atoms with E-state index in [9.17, 15) is 8.42 Å². The van der Waals surface area contributed by atoms with E-state index in [4.69, 9.17) is 4.74 Å². The summed E-state index contributed by atoms with van der Waals surface area (Å²) in [6.45, 7) is 1.24. The number of ether oxygens (including phenoxy) is 1. The topological polar surface area (TPSA) is 91.4 Å². The molecule has 1 unspecified atom stereocenters. The van der Waals surface area contributed by atoms with Crippen LogP contribution in [-0.4, -0.2) is 72.8 Å². The number of aromatic nitrogens is 3. The average Bonchev–Trinajstić information content (AvgIpc) is 3.12. The maximum absolute atomic E-state index is 12.8. The highest BCUT2D eigenvalue weighted by molar-refractivity contribution is 7.89. The van der Waals surface area contributed by atoms with Gasteiger partial charge in [0.2, 0.25) is 10.0 Å². The molecule has 8 nitrogen and oxygen atoms in total. The van der Waals surface area contributed by atoms with Gasteiger partial charge in [-0.2, -0.15) is 4.31 Å². The minimum atomic E-state index is -3.26. The molecule has 0 radical (unpaired) electrons. The monoisotopic (exact) mass is 393 g/mol. The van der Waals surface area contributed by atoms with Gasteiger partial charge >= 0.3 is 0 Å². The summed E-state index contributed by atoms with van der Waals surface area (Å²) in [6, 6.07) is 2.26. The minimum absolute atomic E-state index is 0.0230. The number of aromatic amines is 1. The first-order chi connectivity index (χ1) is 13.0. The van der Waals surface area contributed by atoms with Gasteiger partial charge in [-0.3, -0.25) is 0 Å². The number of likely N-dealkylation sites (N-methyl/N-ethyl adjacent to an activating group) is 1. The Hall–Kier alpha value is -1.71. The van der Waals surface area contributed by atoms with Crippen LogP contribution < -0.4 is 4.90 Å². The number of anilines is 1. The molecule has 148 valence electrons. The molecule has 2 aromatic heterocycles. The van der Waals surface area contributed by atoms with E-state index in [2.05, 4.69) is 19.9 Å². The number of rotatable bonds is 6. The number of nitrogens with one attached hydrogen (secondary N) is 1. The van der Waals surface area contributed by atoms with Crippen molar-refractivity contribution in [1.29, 1.82) is 0 Å². The van der Waals surface area contributed by atoms with E-state index in [0.29, 0.717) is 12.6 Å². The van der Waals surface area contributed by atoms with Crippen molar-refractivity contribution in [3.05, 3.63) is 18.6 Å². The highest BCUT2D eigenvalue weighted by Crippen LogP contribution is 2.36. The van der Waals surface area contributed by atoms with Gasteiger partial charge in [-0.05, 0) is 37.7 Å². The van der Waals surface area contributed by atoms with Gasteiger partial charge in [0.25, 0.3) is 0 Å². The quantitative estimate of drug-likeness (QED) is 0.802. The standard InChI is InChI=1S/C18H27N5O3S/c1-22(18-16-5-6-19-17(16)20-12-21-18)15-8-13(9-15)11-27(24,25)23(2)14-4-3-7-26-10-14/h5-6,12-15H,3-4,7-11H2,1-2H3,(H,19,20,21)/t13-,14?,15+. The molecule has 3 heterocycles. The zero-order chi connectivity index (χ0) is 19.0. The van der Waals surface area contributed by atoms with Crippen molar-refractivity contribution in [3.8, 4) is 0 Å². The summed E-state index contributed by atoms with van der Waals surface area (Å²) in [6.07, 6.45) is 6.95. The molecule has 1 atom stereocenters. The Labute approximate surface area is 160 Å². The Balaban J connectivity index is 1.35. The summed E-state index contributed by atoms with van der Waals surface area (Å²) < 4.78 is 32.5. The van der Waals surface area contributed by atoms with Crippen molar-refractivity contribution in [3.63, 3.8) is 0 Å². The van der Waals surface area contributed by atoms with Crippen molar-refractivity contribution in [2.45, 2.75) is 37.8 Å². The van der Waals surface area contributed by atoms with E-state index < -0.39 is 10.0 Å². The first-order valence-electron chi connectivity index (χ1n) is 9.50. The average molecular weight is 394 g/mol. The van der Waals surface area contributed by atoms with Gasteiger partial charge in [0, 0.05) is 39.0 Å². The summed E-state index contributed by atoms with van der Waals surface area (Å²) in [7, 11) is 0.463. The second-order valence-corrected chi connectivity index (χ2v) is 9.78. The molecular formula is C18H27N5O3S. The lowest BCUT2D eigenvalue weighted by Gasteiger charge is -2.42. The zero-order valence-corrected chi connectivity index (χ0v) is 16.7. The third-order valence-corrected chi connectivity index (χ3v) is 8.03. The molecule has 9 heteroatoms. The number of hydrogen-bond donors (Lipinski definition) is 1. The zero-order valence-electron chi connectivity index (χ0n) is 15.8. The van der Waals surface area contributed by atoms with E-state index in [-0.39, 0.29) is 17.7 Å². The number of fused-ring (bicyclic) bond motifs is 1. The Morgan fingerprint density at radius 2 is 2.07 bits per heavy atom. The van der Waals surface area contributed by atoms with Gasteiger partial charge in [0.1, 0.15) is 17.8 Å². The van der Waals surface area contributed by atoms with E-state index >= 15 is 0 Å². The molecule has 27 heavy (non-hydrogen) atoms. The molecule has 1 N–H and O–H groups in total. The van der Waals surface area contributed by atoms with E-state index in [1.165, 1.54) is 4.31 Å². The Morgan fingerprint density at radius 1 is 1.26 bits per heavy atom. The highest BCUT2D eigenvalue weighted by Gasteiger charge is 2.38. The number of nitrogens with zero attached hydrogens (tertiary/aromatic N) is 4. The van der Waals surface area contributed by atoms with Crippen LogP contribution in [0.5, 0.6) is 0 Å². The second kappa shape index (κ2) is 7.37. The summed E-state index contributed by atoms with van der Waals surface area (Å²) in [5.41, 5.74) is 0.821. The van der Waals surface area contributed by atoms with Crippen LogP contribution >= 0.6 is 0 Å². The SMILES string of the molecule is CN(C1CCCOC1)S(=O)(=O)C[C@H]1C[C@@H](N(C)c2ncnc3[nH]ccc23)C1. The van der Waals surface area contributed by atoms with Gasteiger partial charge in [-0.1, -0.05) is 0 Å². The Morgan fingerprint density at radius 3 is 2.81 bits per heavy atom. The maximum atomic E-state index is 12.8. The number of hydrogen-bond acceptors (Lipinski definition) is 6. The largest absolute Gasteiger partial charge is 0.380 e. The van der Waals surface area contributed by atoms with Gasteiger partial charge in [-0.15, -0.1) is 0 Å². The van der Waals surface area contributed by atoms with Crippen LogP contribution in [0.4, 0.5) is 5.82 Å². The first-order valence-corrected chi connectivity index (χ1v) is 11.1. The molecule has 1 saturated carbocycles. The van der Waals surface area contributed by atoms with Crippen molar-refractivity contribution < 1.29 is 13.2 Å². The van der Waals surface area contributed by atoms with Crippen LogP contribution in [-0.2, 0) is 14.8 Å². The lowest BCUT2D eigenvalue weighted by molar-refractivity contribution is 0.0510. The Bertz CT molecular complexity index is 887. The molecule has 0 aromatic carbocycles. The van der Waals surface area contributed by atoms with E-state index in [1.54, 1.807) is 13.4 Å². The van der Waals surface area contributed by atoms with Crippen LogP contribution in [0.2, 0.25) is 0 Å². The number of H-pyrrole nitrogens is 1. The molecule has 2 fully saturated rings. The predicted octanol–water partition coefficient (Wildman–Crippen LogP) is 1.61. The summed E-state index contributed by atoms with van der Waals surface area (Å²) in [5, 5.41) is 0.994. The molecule has 1 saturated heterocycles. The van der Waals surface area contributed by atoms with Gasteiger partial charge in [-0.25, -0.2) is 18.4 Å². The molecule has 0 amide bonds. The van der Waals surface area contributed by atoms with Crippen LogP contribution in [0.1, 0.15) is 25.7 Å². The normalized spacial score (nSPS) is 26.3. The molecule has 1 aliphatic heterocycles. The third-order valence-electron chi connectivity index (χ3n) is 5.96. The fourth-order valence-corrected chi connectivity index (χ4v) is 5.84. The van der Waals surface area contributed by atoms with Gasteiger partial charge in [0.15, 0.2) is 0 Å². The maximum Gasteiger partial charge on any atom is 0.214 e. The number of sulfonamides is 1. The van der Waals surface area contributed by atoms with Gasteiger partial charge in [0.05, 0.1) is 17.7 Å². The smallest absolute Gasteiger partial charge is 0.214 e. The van der Waals surface area contributed by atoms with Gasteiger partial charge < -0.3 is 14.6 Å². The summed E-state index contributed by atoms with van der Waals surface area (Å²) >= 11 is 0. The van der Waals surface area contributed by atoms with Crippen molar-refractivity contribution in [2.75, 3.05) is 38.0 Å². The molecular weight excluding hydrogens is 366 g/mol. The lowest BCUT2D eigenvalue weighted by atomic mass is 9.81. The minimum Gasteiger partial charge on any atom is -0.380 e. The van der Waals surface area contributed by atoms with Crippen LogP contribution in [0.25, 0.3) is 11.0 Å².